The molecule has 27 heavy (non-hydrogen) atoms. The van der Waals surface area contributed by atoms with Crippen molar-refractivity contribution in [1.29, 1.82) is 0 Å². The van der Waals surface area contributed by atoms with E-state index in [0.717, 1.165) is 75.4 Å². The molecule has 1 amide bonds. The van der Waals surface area contributed by atoms with Gasteiger partial charge in [-0.1, -0.05) is 12.5 Å². The molecule has 6 heteroatoms. The maximum Gasteiger partial charge on any atom is 0.222 e. The number of benzene rings is 1. The second-order valence-corrected chi connectivity index (χ2v) is 7.05. The summed E-state index contributed by atoms with van der Waals surface area (Å²) in [4.78, 5) is 18.6. The van der Waals surface area contributed by atoms with E-state index in [2.05, 4.69) is 15.6 Å². The van der Waals surface area contributed by atoms with Crippen molar-refractivity contribution >= 4 is 11.9 Å². The molecule has 1 aromatic carbocycles. The van der Waals surface area contributed by atoms with Gasteiger partial charge < -0.3 is 15.5 Å². The van der Waals surface area contributed by atoms with Crippen LogP contribution in [0.15, 0.2) is 23.2 Å². The predicted octanol–water partition coefficient (Wildman–Crippen LogP) is 3.02. The summed E-state index contributed by atoms with van der Waals surface area (Å²) in [5, 5.41) is 6.58. The molecule has 5 nitrogen and oxygen atoms in total. The fourth-order valence-electron chi connectivity index (χ4n) is 3.32. The van der Waals surface area contributed by atoms with Gasteiger partial charge in [0.25, 0.3) is 0 Å². The van der Waals surface area contributed by atoms with Crippen molar-refractivity contribution in [1.82, 2.24) is 15.5 Å². The van der Waals surface area contributed by atoms with Crippen molar-refractivity contribution in [2.24, 2.45) is 4.99 Å². The molecule has 0 spiro atoms. The third-order valence-corrected chi connectivity index (χ3v) is 4.86. The Morgan fingerprint density at radius 1 is 1.26 bits per heavy atom. The number of aryl methyl sites for hydroxylation is 1. The first-order chi connectivity index (χ1) is 13.1. The second kappa shape index (κ2) is 11.6. The minimum atomic E-state index is -0.193. The normalized spacial score (nSPS) is 15.6. The summed E-state index contributed by atoms with van der Waals surface area (Å²) in [5.74, 6) is 0.887. The van der Waals surface area contributed by atoms with Crippen LogP contribution >= 0.6 is 0 Å². The van der Waals surface area contributed by atoms with Crippen LogP contribution in [0.1, 0.15) is 50.2 Å². The smallest absolute Gasteiger partial charge is 0.222 e. The summed E-state index contributed by atoms with van der Waals surface area (Å²) in [6.07, 6.45) is 5.67. The van der Waals surface area contributed by atoms with Gasteiger partial charge in [-0.25, -0.2) is 4.39 Å². The first kappa shape index (κ1) is 21.2. The molecule has 0 aliphatic carbocycles. The van der Waals surface area contributed by atoms with Gasteiger partial charge in [-0.3, -0.25) is 9.79 Å². The van der Waals surface area contributed by atoms with Gasteiger partial charge in [0.2, 0.25) is 5.91 Å². The van der Waals surface area contributed by atoms with Gasteiger partial charge in [-0.15, -0.1) is 0 Å². The molecule has 1 fully saturated rings. The summed E-state index contributed by atoms with van der Waals surface area (Å²) in [5.41, 5.74) is 2.11. The van der Waals surface area contributed by atoms with Crippen molar-refractivity contribution in [2.75, 3.05) is 32.7 Å². The van der Waals surface area contributed by atoms with Gasteiger partial charge in [0, 0.05) is 39.1 Å². The van der Waals surface area contributed by atoms with E-state index in [-0.39, 0.29) is 11.7 Å². The molecule has 1 aliphatic heterocycles. The number of amides is 1. The van der Waals surface area contributed by atoms with Crippen molar-refractivity contribution < 1.29 is 9.18 Å². The second-order valence-electron chi connectivity index (χ2n) is 7.05. The average molecular weight is 377 g/mol. The molecule has 1 aliphatic rings. The summed E-state index contributed by atoms with van der Waals surface area (Å²) in [7, 11) is 0. The van der Waals surface area contributed by atoms with E-state index in [1.54, 1.807) is 6.07 Å². The number of hydrogen-bond acceptors (Lipinski definition) is 2. The molecule has 1 aromatic rings. The van der Waals surface area contributed by atoms with Crippen LogP contribution in [0, 0.1) is 12.7 Å². The van der Waals surface area contributed by atoms with Crippen LogP contribution in [0.5, 0.6) is 0 Å². The topological polar surface area (TPSA) is 56.7 Å². The number of nitrogens with zero attached hydrogens (tertiary/aromatic N) is 2. The standard InChI is InChI=1S/C21H33FN4O/c1-3-23-21(25-13-11-18-9-10-19(22)16-17(18)2)24-12-7-15-26-14-6-4-5-8-20(26)27/h9-10,16H,3-8,11-15H2,1-2H3,(H2,23,24,25). The van der Waals surface area contributed by atoms with Crippen LogP contribution in [0.25, 0.3) is 0 Å². The van der Waals surface area contributed by atoms with Crippen LogP contribution in [-0.2, 0) is 11.2 Å². The lowest BCUT2D eigenvalue weighted by molar-refractivity contribution is -0.130. The highest BCUT2D eigenvalue weighted by Crippen LogP contribution is 2.11. The quantitative estimate of drug-likeness (QED) is 0.417. The van der Waals surface area contributed by atoms with E-state index in [0.29, 0.717) is 13.0 Å². The molecule has 1 saturated heterocycles. The number of aliphatic imine (C=N–C) groups is 1. The molecule has 0 bridgehead atoms. The maximum absolute atomic E-state index is 13.2. The summed E-state index contributed by atoms with van der Waals surface area (Å²) < 4.78 is 13.2. The highest BCUT2D eigenvalue weighted by molar-refractivity contribution is 5.79. The lowest BCUT2D eigenvalue weighted by Gasteiger charge is -2.20. The first-order valence-corrected chi connectivity index (χ1v) is 10.1. The van der Waals surface area contributed by atoms with E-state index < -0.39 is 0 Å². The summed E-state index contributed by atoms with van der Waals surface area (Å²) in [6, 6.07) is 4.92. The Kier molecular flexibility index (Phi) is 9.08. The predicted molar refractivity (Wildman–Crippen MR) is 108 cm³/mol. The molecule has 0 radical (unpaired) electrons. The van der Waals surface area contributed by atoms with Crippen LogP contribution in [0.3, 0.4) is 0 Å². The molecule has 2 N–H and O–H groups in total. The SMILES string of the molecule is CCNC(=NCCCN1CCCCCC1=O)NCCc1ccc(F)cc1C. The van der Waals surface area contributed by atoms with Crippen molar-refractivity contribution in [3.05, 3.63) is 35.1 Å². The number of carbonyl (C=O) groups excluding carboxylic acids is 1. The van der Waals surface area contributed by atoms with Gasteiger partial charge >= 0.3 is 0 Å². The average Bonchev–Trinajstić information content (AvgIpc) is 2.84. The summed E-state index contributed by atoms with van der Waals surface area (Å²) >= 11 is 0. The van der Waals surface area contributed by atoms with Crippen molar-refractivity contribution in [2.45, 2.75) is 52.4 Å². The Hall–Kier alpha value is -2.11. The monoisotopic (exact) mass is 376 g/mol. The fraction of sp³-hybridized carbons (Fsp3) is 0.619. The van der Waals surface area contributed by atoms with Crippen molar-refractivity contribution in [3.63, 3.8) is 0 Å². The summed E-state index contributed by atoms with van der Waals surface area (Å²) in [6.45, 7) is 7.87. The third-order valence-electron chi connectivity index (χ3n) is 4.86. The lowest BCUT2D eigenvalue weighted by atomic mass is 10.1. The maximum atomic E-state index is 13.2. The van der Waals surface area contributed by atoms with E-state index in [4.69, 9.17) is 0 Å². The Balaban J connectivity index is 1.75. The van der Waals surface area contributed by atoms with Gasteiger partial charge in [-0.2, -0.15) is 0 Å². The largest absolute Gasteiger partial charge is 0.357 e. The third kappa shape index (κ3) is 7.57. The number of rotatable bonds is 8. The van der Waals surface area contributed by atoms with Crippen LogP contribution in [0.4, 0.5) is 4.39 Å². The molecule has 1 heterocycles. The number of carbonyl (C=O) groups is 1. The fourth-order valence-corrected chi connectivity index (χ4v) is 3.32. The molecule has 0 aromatic heterocycles. The molecule has 0 unspecified atom stereocenters. The molecule has 0 saturated carbocycles. The highest BCUT2D eigenvalue weighted by Gasteiger charge is 2.15. The minimum Gasteiger partial charge on any atom is -0.357 e. The van der Waals surface area contributed by atoms with Gasteiger partial charge in [0.1, 0.15) is 5.82 Å². The number of halogens is 1. The zero-order valence-corrected chi connectivity index (χ0v) is 16.7. The van der Waals surface area contributed by atoms with E-state index >= 15 is 0 Å². The molecule has 2 rings (SSSR count). The van der Waals surface area contributed by atoms with Gasteiger partial charge in [0.15, 0.2) is 5.96 Å². The highest BCUT2D eigenvalue weighted by atomic mass is 19.1. The van der Waals surface area contributed by atoms with Crippen LogP contribution in [0.2, 0.25) is 0 Å². The number of nitrogens with one attached hydrogen (secondary N) is 2. The van der Waals surface area contributed by atoms with Crippen LogP contribution < -0.4 is 10.6 Å². The Morgan fingerprint density at radius 2 is 2.11 bits per heavy atom. The number of hydrogen-bond donors (Lipinski definition) is 2. The Bertz CT molecular complexity index is 633. The zero-order chi connectivity index (χ0) is 19.5. The van der Waals surface area contributed by atoms with Gasteiger partial charge in [0.05, 0.1) is 0 Å². The van der Waals surface area contributed by atoms with Crippen LogP contribution in [-0.4, -0.2) is 49.5 Å². The van der Waals surface area contributed by atoms with Crippen molar-refractivity contribution in [3.8, 4) is 0 Å². The van der Waals surface area contributed by atoms with Gasteiger partial charge in [-0.05, 0) is 62.8 Å². The Morgan fingerprint density at radius 3 is 2.89 bits per heavy atom. The van der Waals surface area contributed by atoms with E-state index in [1.807, 2.05) is 24.8 Å². The molecular formula is C21H33FN4O. The molecule has 0 atom stereocenters. The van der Waals surface area contributed by atoms with E-state index in [1.165, 1.54) is 6.07 Å². The number of guanidine groups is 1. The number of likely N-dealkylation sites (tertiary alicyclic amines) is 1. The molecular weight excluding hydrogens is 343 g/mol. The Labute approximate surface area is 162 Å². The first-order valence-electron chi connectivity index (χ1n) is 10.1. The van der Waals surface area contributed by atoms with E-state index in [9.17, 15) is 9.18 Å². The lowest BCUT2D eigenvalue weighted by Crippen LogP contribution is -2.38. The zero-order valence-electron chi connectivity index (χ0n) is 16.7. The molecule has 150 valence electrons. The minimum absolute atomic E-state index is 0.193.